The molecule has 0 aliphatic carbocycles. The van der Waals surface area contributed by atoms with Crippen LogP contribution in [0.3, 0.4) is 0 Å². The molecule has 2 saturated heterocycles. The number of benzene rings is 1. The second-order valence-electron chi connectivity index (χ2n) is 7.16. The summed E-state index contributed by atoms with van der Waals surface area (Å²) < 4.78 is 0. The van der Waals surface area contributed by atoms with Crippen LogP contribution in [-0.2, 0) is 11.3 Å². The van der Waals surface area contributed by atoms with E-state index in [4.69, 9.17) is 0 Å². The van der Waals surface area contributed by atoms with Gasteiger partial charge in [0.1, 0.15) is 0 Å². The molecule has 6 heteroatoms. The number of carbonyl (C=O) groups excluding carboxylic acids is 2. The van der Waals surface area contributed by atoms with Gasteiger partial charge in [-0.2, -0.15) is 0 Å². The van der Waals surface area contributed by atoms with Gasteiger partial charge in [0.15, 0.2) is 0 Å². The molecule has 6 nitrogen and oxygen atoms in total. The molecular formula is C20H30N4O2. The highest BCUT2D eigenvalue weighted by Crippen LogP contribution is 2.20. The Kier molecular flexibility index (Phi) is 6.75. The first-order valence-electron chi connectivity index (χ1n) is 9.86. The molecule has 2 heterocycles. The lowest BCUT2D eigenvalue weighted by Gasteiger charge is -2.28. The number of nitrogens with zero attached hydrogens (tertiary/aromatic N) is 2. The Hall–Kier alpha value is -2.24. The van der Waals surface area contributed by atoms with Crippen molar-refractivity contribution in [1.82, 2.24) is 15.5 Å². The van der Waals surface area contributed by atoms with Crippen LogP contribution in [0.15, 0.2) is 24.3 Å². The quantitative estimate of drug-likeness (QED) is 0.821. The van der Waals surface area contributed by atoms with Crippen LogP contribution >= 0.6 is 0 Å². The maximum Gasteiger partial charge on any atom is 0.315 e. The molecule has 0 aromatic heterocycles. The predicted molar refractivity (Wildman–Crippen MR) is 103 cm³/mol. The molecule has 2 aliphatic rings. The summed E-state index contributed by atoms with van der Waals surface area (Å²) in [6.07, 6.45) is 6.43. The first-order valence-corrected chi connectivity index (χ1v) is 9.86. The van der Waals surface area contributed by atoms with E-state index in [0.717, 1.165) is 44.6 Å². The minimum Gasteiger partial charge on any atom is -0.372 e. The van der Waals surface area contributed by atoms with Crippen molar-refractivity contribution >= 4 is 17.6 Å². The van der Waals surface area contributed by atoms with Crippen LogP contribution in [-0.4, -0.2) is 49.6 Å². The Labute approximate surface area is 155 Å². The van der Waals surface area contributed by atoms with Crippen LogP contribution < -0.4 is 15.5 Å². The monoisotopic (exact) mass is 358 g/mol. The third-order valence-corrected chi connectivity index (χ3v) is 5.19. The Morgan fingerprint density at radius 1 is 0.846 bits per heavy atom. The first kappa shape index (κ1) is 18.5. The summed E-state index contributed by atoms with van der Waals surface area (Å²) >= 11 is 0. The van der Waals surface area contributed by atoms with E-state index in [0.29, 0.717) is 19.5 Å². The average molecular weight is 358 g/mol. The Bertz CT molecular complexity index is 590. The normalized spacial score (nSPS) is 17.2. The Morgan fingerprint density at radius 2 is 1.50 bits per heavy atom. The van der Waals surface area contributed by atoms with Crippen molar-refractivity contribution in [1.29, 1.82) is 0 Å². The smallest absolute Gasteiger partial charge is 0.315 e. The summed E-state index contributed by atoms with van der Waals surface area (Å²) in [5, 5.41) is 5.62. The fraction of sp³-hybridized carbons (Fsp3) is 0.600. The summed E-state index contributed by atoms with van der Waals surface area (Å²) in [5.41, 5.74) is 2.34. The van der Waals surface area contributed by atoms with Crippen molar-refractivity contribution in [3.8, 4) is 0 Å². The number of hydrogen-bond acceptors (Lipinski definition) is 3. The SMILES string of the molecule is O=C(NCCC(=O)N1CCCC1)NCc1ccc(N2CCCCC2)cc1. The van der Waals surface area contributed by atoms with Gasteiger partial charge in [0.25, 0.3) is 0 Å². The number of urea groups is 1. The van der Waals surface area contributed by atoms with E-state index in [2.05, 4.69) is 39.8 Å². The number of rotatable bonds is 6. The second-order valence-corrected chi connectivity index (χ2v) is 7.16. The Morgan fingerprint density at radius 3 is 2.19 bits per heavy atom. The number of piperidine rings is 1. The van der Waals surface area contributed by atoms with Crippen LogP contribution in [0.25, 0.3) is 0 Å². The van der Waals surface area contributed by atoms with Gasteiger partial charge >= 0.3 is 6.03 Å². The van der Waals surface area contributed by atoms with Gasteiger partial charge in [0, 0.05) is 51.4 Å². The fourth-order valence-electron chi connectivity index (χ4n) is 3.63. The van der Waals surface area contributed by atoms with Crippen molar-refractivity contribution in [2.24, 2.45) is 0 Å². The number of anilines is 1. The molecule has 0 spiro atoms. The molecule has 26 heavy (non-hydrogen) atoms. The summed E-state index contributed by atoms with van der Waals surface area (Å²) in [7, 11) is 0. The van der Waals surface area contributed by atoms with Crippen LogP contribution in [0, 0.1) is 0 Å². The van der Waals surface area contributed by atoms with E-state index in [1.807, 2.05) is 4.90 Å². The van der Waals surface area contributed by atoms with Crippen molar-refractivity contribution in [3.63, 3.8) is 0 Å². The summed E-state index contributed by atoms with van der Waals surface area (Å²) in [4.78, 5) is 28.1. The molecule has 1 aromatic carbocycles. The van der Waals surface area contributed by atoms with E-state index in [1.54, 1.807) is 0 Å². The van der Waals surface area contributed by atoms with Gasteiger partial charge in [-0.05, 0) is 49.8 Å². The van der Waals surface area contributed by atoms with E-state index in [9.17, 15) is 9.59 Å². The number of amides is 3. The van der Waals surface area contributed by atoms with E-state index < -0.39 is 0 Å². The first-order chi connectivity index (χ1) is 12.7. The zero-order chi connectivity index (χ0) is 18.2. The van der Waals surface area contributed by atoms with Gasteiger partial charge in [-0.1, -0.05) is 12.1 Å². The lowest BCUT2D eigenvalue weighted by Crippen LogP contribution is -2.38. The standard InChI is InChI=1S/C20H30N4O2/c25-19(24-14-4-5-15-24)10-11-21-20(26)22-16-17-6-8-18(9-7-17)23-12-2-1-3-13-23/h6-9H,1-5,10-16H2,(H2,21,22,26). The predicted octanol–water partition coefficient (Wildman–Crippen LogP) is 2.49. The zero-order valence-electron chi connectivity index (χ0n) is 15.5. The van der Waals surface area contributed by atoms with Crippen LogP contribution in [0.1, 0.15) is 44.1 Å². The second kappa shape index (κ2) is 9.46. The van der Waals surface area contributed by atoms with Crippen LogP contribution in [0.5, 0.6) is 0 Å². The minimum absolute atomic E-state index is 0.135. The molecule has 2 fully saturated rings. The third-order valence-electron chi connectivity index (χ3n) is 5.19. The molecular weight excluding hydrogens is 328 g/mol. The number of nitrogens with one attached hydrogen (secondary N) is 2. The lowest BCUT2D eigenvalue weighted by molar-refractivity contribution is -0.129. The van der Waals surface area contributed by atoms with E-state index in [1.165, 1.54) is 24.9 Å². The Balaban J connectivity index is 1.34. The lowest BCUT2D eigenvalue weighted by atomic mass is 10.1. The highest BCUT2D eigenvalue weighted by atomic mass is 16.2. The highest BCUT2D eigenvalue weighted by molar-refractivity contribution is 5.78. The van der Waals surface area contributed by atoms with Crippen molar-refractivity contribution in [2.45, 2.75) is 45.1 Å². The molecule has 2 aliphatic heterocycles. The van der Waals surface area contributed by atoms with Crippen molar-refractivity contribution in [3.05, 3.63) is 29.8 Å². The molecule has 0 unspecified atom stereocenters. The van der Waals surface area contributed by atoms with Crippen molar-refractivity contribution in [2.75, 3.05) is 37.6 Å². The molecule has 3 rings (SSSR count). The molecule has 2 N–H and O–H groups in total. The molecule has 0 saturated carbocycles. The van der Waals surface area contributed by atoms with Crippen molar-refractivity contribution < 1.29 is 9.59 Å². The molecule has 0 radical (unpaired) electrons. The van der Waals surface area contributed by atoms with Gasteiger partial charge in [0.05, 0.1) is 0 Å². The molecule has 1 aromatic rings. The van der Waals surface area contributed by atoms with E-state index in [-0.39, 0.29) is 11.9 Å². The zero-order valence-corrected chi connectivity index (χ0v) is 15.5. The van der Waals surface area contributed by atoms with Gasteiger partial charge < -0.3 is 20.4 Å². The topological polar surface area (TPSA) is 64.7 Å². The van der Waals surface area contributed by atoms with Crippen LogP contribution in [0.4, 0.5) is 10.5 Å². The maximum atomic E-state index is 11.9. The number of likely N-dealkylation sites (tertiary alicyclic amines) is 1. The number of carbonyl (C=O) groups is 2. The molecule has 0 atom stereocenters. The largest absolute Gasteiger partial charge is 0.372 e. The van der Waals surface area contributed by atoms with E-state index >= 15 is 0 Å². The van der Waals surface area contributed by atoms with Gasteiger partial charge in [-0.25, -0.2) is 4.79 Å². The van der Waals surface area contributed by atoms with Gasteiger partial charge in [0.2, 0.25) is 5.91 Å². The summed E-state index contributed by atoms with van der Waals surface area (Å²) in [6, 6.07) is 8.19. The summed E-state index contributed by atoms with van der Waals surface area (Å²) in [5.74, 6) is 0.135. The fourth-order valence-corrected chi connectivity index (χ4v) is 3.63. The average Bonchev–Trinajstić information content (AvgIpc) is 3.22. The maximum absolute atomic E-state index is 11.9. The minimum atomic E-state index is -0.223. The molecule has 3 amide bonds. The molecule has 0 bridgehead atoms. The molecule has 142 valence electrons. The van der Waals surface area contributed by atoms with Gasteiger partial charge in [-0.3, -0.25) is 4.79 Å². The number of hydrogen-bond donors (Lipinski definition) is 2. The summed E-state index contributed by atoms with van der Waals surface area (Å²) in [6.45, 7) is 4.87. The van der Waals surface area contributed by atoms with Gasteiger partial charge in [-0.15, -0.1) is 0 Å². The third kappa shape index (κ3) is 5.38. The van der Waals surface area contributed by atoms with Crippen LogP contribution in [0.2, 0.25) is 0 Å². The highest BCUT2D eigenvalue weighted by Gasteiger charge is 2.17.